The average Bonchev–Trinajstić information content (AvgIpc) is 3.09. The first-order valence-electron chi connectivity index (χ1n) is 12.4. The number of aliphatic hydroxyl groups is 1. The third-order valence-corrected chi connectivity index (χ3v) is 9.96. The van der Waals surface area contributed by atoms with E-state index < -0.39 is 5.60 Å². The highest BCUT2D eigenvalue weighted by Crippen LogP contribution is 2.64. The number of hydrogen-bond donors (Lipinski definition) is 2. The zero-order valence-corrected chi connectivity index (χ0v) is 22.1. The summed E-state index contributed by atoms with van der Waals surface area (Å²) in [4.78, 5) is 4.77. The van der Waals surface area contributed by atoms with Crippen LogP contribution in [0.5, 0.6) is 5.75 Å². The lowest BCUT2D eigenvalue weighted by Gasteiger charge is -2.52. The minimum atomic E-state index is -0.944. The molecule has 1 aromatic heterocycles. The fraction of sp³-hybridized carbons (Fsp3) is 0.552. The highest BCUT2D eigenvalue weighted by molar-refractivity contribution is 7.98. The van der Waals surface area contributed by atoms with Gasteiger partial charge in [0, 0.05) is 22.5 Å². The molecule has 5 rings (SSSR count). The van der Waals surface area contributed by atoms with Gasteiger partial charge in [-0.2, -0.15) is 23.5 Å². The number of fused-ring (bicyclic) bond motifs is 5. The molecule has 3 aliphatic carbocycles. The van der Waals surface area contributed by atoms with Crippen molar-refractivity contribution in [2.45, 2.75) is 68.5 Å². The number of rotatable bonds is 4. The third-order valence-electron chi connectivity index (χ3n) is 8.79. The molecule has 0 bridgehead atoms. The standard InChI is InChI=1S/C29H35NO2S2/c1-28-11-9-25-24-7-5-23(31)16-20(24)4-6-26(25)27(28)10-13-29(28,32)12-8-19-14-21(17-33-2)30-22(15-19)18-34-3/h5,7,14-16,25-27,31-32H,4,6,9-11,13,17-18H2,1-3H3/t25-,26-,27+,28+,29+/m1/s1. The van der Waals surface area contributed by atoms with E-state index in [4.69, 9.17) is 4.98 Å². The van der Waals surface area contributed by atoms with E-state index in [1.165, 1.54) is 11.1 Å². The molecule has 5 atom stereocenters. The first-order chi connectivity index (χ1) is 16.4. The van der Waals surface area contributed by atoms with Gasteiger partial charge in [0.2, 0.25) is 0 Å². The van der Waals surface area contributed by atoms with Crippen LogP contribution in [0, 0.1) is 29.1 Å². The van der Waals surface area contributed by atoms with E-state index in [0.717, 1.165) is 67.0 Å². The summed E-state index contributed by atoms with van der Waals surface area (Å²) in [5.41, 5.74) is 4.74. The highest BCUT2D eigenvalue weighted by Gasteiger charge is 2.61. The largest absolute Gasteiger partial charge is 0.508 e. The SMILES string of the molecule is CSCc1cc(C#C[C@]2(O)CC[C@H]3[C@@H]4CCc5cc(O)ccc5[C@H]4CC[C@@]32C)cc(CSC)n1. The van der Waals surface area contributed by atoms with Gasteiger partial charge >= 0.3 is 0 Å². The van der Waals surface area contributed by atoms with Gasteiger partial charge in [-0.05, 0) is 104 Å². The Morgan fingerprint density at radius 2 is 1.76 bits per heavy atom. The van der Waals surface area contributed by atoms with Crippen LogP contribution in [-0.2, 0) is 17.9 Å². The number of phenolic OH excluding ortho intramolecular Hbond substituents is 1. The van der Waals surface area contributed by atoms with Gasteiger partial charge in [0.1, 0.15) is 11.4 Å². The molecule has 0 saturated heterocycles. The zero-order valence-electron chi connectivity index (χ0n) is 20.4. The van der Waals surface area contributed by atoms with E-state index >= 15 is 0 Å². The molecule has 0 radical (unpaired) electrons. The number of aromatic nitrogens is 1. The van der Waals surface area contributed by atoms with Crippen LogP contribution >= 0.6 is 23.5 Å². The first kappa shape index (κ1) is 24.1. The predicted octanol–water partition coefficient (Wildman–Crippen LogP) is 6.15. The van der Waals surface area contributed by atoms with Crippen molar-refractivity contribution in [1.29, 1.82) is 0 Å². The van der Waals surface area contributed by atoms with Crippen LogP contribution in [0.2, 0.25) is 0 Å². The number of benzene rings is 1. The molecule has 34 heavy (non-hydrogen) atoms. The molecule has 3 aliphatic rings. The van der Waals surface area contributed by atoms with Crippen LogP contribution in [-0.4, -0.2) is 33.3 Å². The molecule has 0 spiro atoms. The van der Waals surface area contributed by atoms with Gasteiger partial charge in [-0.25, -0.2) is 0 Å². The smallest absolute Gasteiger partial charge is 0.131 e. The Bertz CT molecular complexity index is 1110. The number of hydrogen-bond acceptors (Lipinski definition) is 5. The number of pyridine rings is 1. The Morgan fingerprint density at radius 3 is 2.47 bits per heavy atom. The predicted molar refractivity (Wildman–Crippen MR) is 143 cm³/mol. The molecule has 2 aromatic rings. The van der Waals surface area contributed by atoms with Crippen LogP contribution in [0.4, 0.5) is 0 Å². The molecule has 2 N–H and O–H groups in total. The van der Waals surface area contributed by atoms with E-state index in [1.807, 2.05) is 12.1 Å². The Kier molecular flexibility index (Phi) is 6.70. The van der Waals surface area contributed by atoms with Crippen molar-refractivity contribution in [3.63, 3.8) is 0 Å². The van der Waals surface area contributed by atoms with Crippen LogP contribution in [0.3, 0.4) is 0 Å². The van der Waals surface area contributed by atoms with Crippen LogP contribution in [0.1, 0.15) is 73.0 Å². The summed E-state index contributed by atoms with van der Waals surface area (Å²) in [6.45, 7) is 2.30. The van der Waals surface area contributed by atoms with Crippen LogP contribution in [0.25, 0.3) is 0 Å². The summed E-state index contributed by atoms with van der Waals surface area (Å²) < 4.78 is 0. The second kappa shape index (κ2) is 9.45. The summed E-state index contributed by atoms with van der Waals surface area (Å²) in [7, 11) is 0. The minimum Gasteiger partial charge on any atom is -0.508 e. The van der Waals surface area contributed by atoms with Crippen molar-refractivity contribution >= 4 is 23.5 Å². The number of thioether (sulfide) groups is 2. The summed E-state index contributed by atoms with van der Waals surface area (Å²) in [5, 5.41) is 21.9. The van der Waals surface area contributed by atoms with Crippen molar-refractivity contribution in [2.24, 2.45) is 17.3 Å². The lowest BCUT2D eigenvalue weighted by molar-refractivity contribution is -0.0647. The van der Waals surface area contributed by atoms with Gasteiger partial charge in [-0.1, -0.05) is 24.8 Å². The molecule has 0 unspecified atom stereocenters. The maximum Gasteiger partial charge on any atom is 0.131 e. The van der Waals surface area contributed by atoms with Crippen molar-refractivity contribution in [2.75, 3.05) is 12.5 Å². The van der Waals surface area contributed by atoms with Gasteiger partial charge < -0.3 is 10.2 Å². The Morgan fingerprint density at radius 1 is 1.03 bits per heavy atom. The lowest BCUT2D eigenvalue weighted by Crippen LogP contribution is -2.50. The molecule has 2 fully saturated rings. The molecule has 180 valence electrons. The Hall–Kier alpha value is -1.61. The Labute approximate surface area is 212 Å². The molecular weight excluding hydrogens is 458 g/mol. The Balaban J connectivity index is 1.43. The van der Waals surface area contributed by atoms with Gasteiger partial charge in [-0.15, -0.1) is 0 Å². The number of nitrogens with zero attached hydrogens (tertiary/aromatic N) is 1. The molecule has 1 aromatic carbocycles. The van der Waals surface area contributed by atoms with Crippen molar-refractivity contribution in [3.05, 3.63) is 58.4 Å². The molecule has 0 aliphatic heterocycles. The van der Waals surface area contributed by atoms with Gasteiger partial charge in [0.05, 0.1) is 11.4 Å². The average molecular weight is 494 g/mol. The van der Waals surface area contributed by atoms with Gasteiger partial charge in [0.15, 0.2) is 0 Å². The highest BCUT2D eigenvalue weighted by atomic mass is 32.2. The third kappa shape index (κ3) is 4.16. The molecule has 5 heteroatoms. The van der Waals surface area contributed by atoms with Crippen molar-refractivity contribution in [1.82, 2.24) is 4.98 Å². The molecule has 2 saturated carbocycles. The first-order valence-corrected chi connectivity index (χ1v) is 15.2. The maximum atomic E-state index is 11.9. The number of aryl methyl sites for hydroxylation is 1. The molecule has 0 amide bonds. The van der Waals surface area contributed by atoms with Gasteiger partial charge in [-0.3, -0.25) is 4.98 Å². The van der Waals surface area contributed by atoms with Crippen LogP contribution < -0.4 is 0 Å². The van der Waals surface area contributed by atoms with Crippen LogP contribution in [0.15, 0.2) is 30.3 Å². The summed E-state index contributed by atoms with van der Waals surface area (Å²) in [6, 6.07) is 10.1. The molecule has 3 nitrogen and oxygen atoms in total. The molecule has 1 heterocycles. The van der Waals surface area contributed by atoms with Gasteiger partial charge in [0.25, 0.3) is 0 Å². The fourth-order valence-electron chi connectivity index (χ4n) is 7.13. The minimum absolute atomic E-state index is 0.174. The van der Waals surface area contributed by atoms with Crippen molar-refractivity contribution < 1.29 is 10.2 Å². The van der Waals surface area contributed by atoms with Crippen molar-refractivity contribution in [3.8, 4) is 17.6 Å². The molecular formula is C29H35NO2S2. The monoisotopic (exact) mass is 493 g/mol. The number of aromatic hydroxyl groups is 1. The van der Waals surface area contributed by atoms with E-state index in [2.05, 4.69) is 49.5 Å². The number of phenols is 1. The lowest BCUT2D eigenvalue weighted by atomic mass is 9.53. The normalized spacial score (nSPS) is 31.7. The fourth-order valence-corrected chi connectivity index (χ4v) is 8.02. The topological polar surface area (TPSA) is 53.4 Å². The summed E-state index contributed by atoms with van der Waals surface area (Å²) in [6.07, 6.45) is 10.2. The summed E-state index contributed by atoms with van der Waals surface area (Å²) >= 11 is 3.55. The quantitative estimate of drug-likeness (QED) is 0.500. The zero-order chi connectivity index (χ0) is 23.9. The summed E-state index contributed by atoms with van der Waals surface area (Å²) in [5.74, 6) is 10.6. The maximum absolute atomic E-state index is 11.9. The van der Waals surface area contributed by atoms with E-state index in [9.17, 15) is 10.2 Å². The second-order valence-corrected chi connectivity index (χ2v) is 12.3. The second-order valence-electron chi connectivity index (χ2n) is 10.6. The van der Waals surface area contributed by atoms with E-state index in [-0.39, 0.29) is 5.41 Å². The van der Waals surface area contributed by atoms with E-state index in [1.54, 1.807) is 23.5 Å². The van der Waals surface area contributed by atoms with E-state index in [0.29, 0.717) is 23.5 Å².